The zero-order chi connectivity index (χ0) is 12.3. The van der Waals surface area contributed by atoms with E-state index >= 15 is 0 Å². The predicted molar refractivity (Wildman–Crippen MR) is 70.7 cm³/mol. The summed E-state index contributed by atoms with van der Waals surface area (Å²) in [5, 5.41) is 12.7. The third-order valence-corrected chi connectivity index (χ3v) is 4.00. The van der Waals surface area contributed by atoms with Crippen molar-refractivity contribution in [1.29, 1.82) is 0 Å². The Balaban J connectivity index is 2.03. The van der Waals surface area contributed by atoms with Crippen molar-refractivity contribution in [3.05, 3.63) is 29.3 Å². The van der Waals surface area contributed by atoms with Crippen molar-refractivity contribution in [2.24, 2.45) is 0 Å². The summed E-state index contributed by atoms with van der Waals surface area (Å²) < 4.78 is 0. The van der Waals surface area contributed by atoms with Crippen molar-refractivity contribution in [3.63, 3.8) is 0 Å². The molecule has 4 heteroatoms. The number of aryl methyl sites for hydroxylation is 1. The molecule has 2 N–H and O–H groups in total. The maximum absolute atomic E-state index is 12.0. The van der Waals surface area contributed by atoms with Crippen molar-refractivity contribution in [3.8, 4) is 5.75 Å². The zero-order valence-corrected chi connectivity index (χ0v) is 10.7. The highest BCUT2D eigenvalue weighted by Gasteiger charge is 2.18. The molecule has 1 aliphatic rings. The van der Waals surface area contributed by atoms with Gasteiger partial charge in [-0.3, -0.25) is 4.79 Å². The highest BCUT2D eigenvalue weighted by Crippen LogP contribution is 2.20. The van der Waals surface area contributed by atoms with Crippen LogP contribution in [0.25, 0.3) is 0 Å². The van der Waals surface area contributed by atoms with Gasteiger partial charge >= 0.3 is 0 Å². The molecule has 1 aromatic carbocycles. The van der Waals surface area contributed by atoms with Gasteiger partial charge in [0, 0.05) is 6.04 Å². The van der Waals surface area contributed by atoms with Crippen molar-refractivity contribution in [1.82, 2.24) is 5.32 Å². The van der Waals surface area contributed by atoms with E-state index in [9.17, 15) is 9.90 Å². The molecular weight excluding hydrogens is 234 g/mol. The van der Waals surface area contributed by atoms with E-state index in [1.165, 1.54) is 0 Å². The molecule has 1 heterocycles. The van der Waals surface area contributed by atoms with Crippen LogP contribution >= 0.6 is 11.8 Å². The third-order valence-electron chi connectivity index (χ3n) is 2.95. The Kier molecular flexibility index (Phi) is 3.94. The van der Waals surface area contributed by atoms with Crippen molar-refractivity contribution in [2.75, 3.05) is 11.5 Å². The minimum atomic E-state index is -0.167. The Bertz CT molecular complexity index is 414. The van der Waals surface area contributed by atoms with Crippen LogP contribution in [0, 0.1) is 6.92 Å². The van der Waals surface area contributed by atoms with E-state index in [1.807, 2.05) is 24.8 Å². The van der Waals surface area contributed by atoms with Crippen LogP contribution < -0.4 is 5.32 Å². The number of benzene rings is 1. The maximum atomic E-state index is 12.0. The Morgan fingerprint density at radius 3 is 2.76 bits per heavy atom. The third kappa shape index (κ3) is 3.16. The summed E-state index contributed by atoms with van der Waals surface area (Å²) in [5.74, 6) is 2.10. The molecule has 3 nitrogen and oxygen atoms in total. The number of rotatable bonds is 2. The van der Waals surface area contributed by atoms with E-state index < -0.39 is 0 Å². The minimum Gasteiger partial charge on any atom is -0.507 e. The number of hydrogen-bond acceptors (Lipinski definition) is 3. The Labute approximate surface area is 106 Å². The second-order valence-electron chi connectivity index (χ2n) is 4.38. The van der Waals surface area contributed by atoms with Gasteiger partial charge in [0.2, 0.25) is 0 Å². The Morgan fingerprint density at radius 1 is 1.41 bits per heavy atom. The fourth-order valence-electron chi connectivity index (χ4n) is 1.94. The number of nitrogens with one attached hydrogen (secondary N) is 1. The van der Waals surface area contributed by atoms with Gasteiger partial charge in [-0.2, -0.15) is 11.8 Å². The van der Waals surface area contributed by atoms with Gasteiger partial charge in [-0.1, -0.05) is 6.07 Å². The molecule has 2 rings (SSSR count). The molecule has 1 saturated heterocycles. The van der Waals surface area contributed by atoms with E-state index in [-0.39, 0.29) is 17.7 Å². The molecule has 0 atom stereocenters. The number of phenols is 1. The molecule has 0 aliphatic carbocycles. The van der Waals surface area contributed by atoms with E-state index in [4.69, 9.17) is 0 Å². The molecule has 0 unspecified atom stereocenters. The molecule has 1 amide bonds. The van der Waals surface area contributed by atoms with Crippen molar-refractivity contribution in [2.45, 2.75) is 25.8 Å². The van der Waals surface area contributed by atoms with Crippen LogP contribution in [0.4, 0.5) is 0 Å². The number of hydrogen-bond donors (Lipinski definition) is 2. The van der Waals surface area contributed by atoms with E-state index in [0.29, 0.717) is 5.56 Å². The molecular formula is C13H17NO2S. The second-order valence-corrected chi connectivity index (χ2v) is 5.61. The van der Waals surface area contributed by atoms with Crippen LogP contribution in [-0.4, -0.2) is 28.6 Å². The lowest BCUT2D eigenvalue weighted by molar-refractivity contribution is 0.0932. The Morgan fingerprint density at radius 2 is 2.12 bits per heavy atom. The summed E-state index contributed by atoms with van der Waals surface area (Å²) in [4.78, 5) is 12.0. The molecule has 0 saturated carbocycles. The second kappa shape index (κ2) is 5.45. The van der Waals surface area contributed by atoms with Crippen LogP contribution in [-0.2, 0) is 0 Å². The van der Waals surface area contributed by atoms with Crippen molar-refractivity contribution >= 4 is 17.7 Å². The van der Waals surface area contributed by atoms with E-state index in [1.54, 1.807) is 12.1 Å². The molecule has 0 spiro atoms. The first-order chi connectivity index (χ1) is 8.16. The summed E-state index contributed by atoms with van der Waals surface area (Å²) in [6, 6.07) is 5.39. The monoisotopic (exact) mass is 251 g/mol. The number of amides is 1. The Hall–Kier alpha value is -1.16. The topological polar surface area (TPSA) is 49.3 Å². The summed E-state index contributed by atoms with van der Waals surface area (Å²) >= 11 is 1.93. The molecule has 1 aliphatic heterocycles. The number of thioether (sulfide) groups is 1. The number of carbonyl (C=O) groups is 1. The van der Waals surface area contributed by atoms with Gasteiger partial charge in [-0.25, -0.2) is 0 Å². The SMILES string of the molecule is Cc1ccc(C(=O)NC2CCSCC2)c(O)c1. The van der Waals surface area contributed by atoms with Crippen LogP contribution in [0.15, 0.2) is 18.2 Å². The summed E-state index contributed by atoms with van der Waals surface area (Å²) in [6.07, 6.45) is 2.03. The van der Waals surface area contributed by atoms with Crippen LogP contribution in [0.5, 0.6) is 5.75 Å². The summed E-state index contributed by atoms with van der Waals surface area (Å²) in [7, 11) is 0. The van der Waals surface area contributed by atoms with Crippen molar-refractivity contribution < 1.29 is 9.90 Å². The van der Waals surface area contributed by atoms with Gasteiger partial charge in [-0.15, -0.1) is 0 Å². The average Bonchev–Trinajstić information content (AvgIpc) is 2.30. The van der Waals surface area contributed by atoms with Gasteiger partial charge < -0.3 is 10.4 Å². The van der Waals surface area contributed by atoms with Crippen LogP contribution in [0.3, 0.4) is 0 Å². The molecule has 0 aromatic heterocycles. The molecule has 1 aromatic rings. The first-order valence-corrected chi connectivity index (χ1v) is 7.00. The quantitative estimate of drug-likeness (QED) is 0.848. The highest BCUT2D eigenvalue weighted by molar-refractivity contribution is 7.99. The first kappa shape index (κ1) is 12.3. The van der Waals surface area contributed by atoms with Gasteiger partial charge in [-0.05, 0) is 49.0 Å². The average molecular weight is 251 g/mol. The normalized spacial score (nSPS) is 16.8. The minimum absolute atomic E-state index is 0.0627. The number of aromatic hydroxyl groups is 1. The number of phenolic OH excluding ortho intramolecular Hbond substituents is 1. The van der Waals surface area contributed by atoms with E-state index in [0.717, 1.165) is 29.9 Å². The summed E-state index contributed by atoms with van der Waals surface area (Å²) in [5.41, 5.74) is 1.32. The molecule has 17 heavy (non-hydrogen) atoms. The van der Waals surface area contributed by atoms with Gasteiger partial charge in [0.1, 0.15) is 5.75 Å². The van der Waals surface area contributed by atoms with E-state index in [2.05, 4.69) is 5.32 Å². The van der Waals surface area contributed by atoms with Crippen LogP contribution in [0.1, 0.15) is 28.8 Å². The zero-order valence-electron chi connectivity index (χ0n) is 9.90. The van der Waals surface area contributed by atoms with Gasteiger partial charge in [0.05, 0.1) is 5.56 Å². The lowest BCUT2D eigenvalue weighted by Crippen LogP contribution is -2.37. The van der Waals surface area contributed by atoms with Gasteiger partial charge in [0.15, 0.2) is 0 Å². The largest absolute Gasteiger partial charge is 0.507 e. The standard InChI is InChI=1S/C13H17NO2S/c1-9-2-3-11(12(15)8-9)13(16)14-10-4-6-17-7-5-10/h2-3,8,10,15H,4-7H2,1H3,(H,14,16). The first-order valence-electron chi connectivity index (χ1n) is 5.85. The molecule has 92 valence electrons. The van der Waals surface area contributed by atoms with Crippen LogP contribution in [0.2, 0.25) is 0 Å². The molecule has 0 bridgehead atoms. The fraction of sp³-hybridized carbons (Fsp3) is 0.462. The van der Waals surface area contributed by atoms with Gasteiger partial charge in [0.25, 0.3) is 5.91 Å². The predicted octanol–water partition coefficient (Wildman–Crippen LogP) is 2.33. The molecule has 0 radical (unpaired) electrons. The maximum Gasteiger partial charge on any atom is 0.255 e. The highest BCUT2D eigenvalue weighted by atomic mass is 32.2. The number of carbonyl (C=O) groups excluding carboxylic acids is 1. The lowest BCUT2D eigenvalue weighted by Gasteiger charge is -2.22. The smallest absolute Gasteiger partial charge is 0.255 e. The fourth-order valence-corrected chi connectivity index (χ4v) is 3.05. The summed E-state index contributed by atoms with van der Waals surface area (Å²) in [6.45, 7) is 1.89. The molecule has 1 fully saturated rings. The lowest BCUT2D eigenvalue weighted by atomic mass is 10.1.